The van der Waals surface area contributed by atoms with Gasteiger partial charge in [-0.25, -0.2) is 4.79 Å². The van der Waals surface area contributed by atoms with Crippen molar-refractivity contribution in [2.24, 2.45) is 0 Å². The molecule has 1 saturated heterocycles. The summed E-state index contributed by atoms with van der Waals surface area (Å²) in [5.41, 5.74) is -1.25. The highest BCUT2D eigenvalue weighted by atomic mass is 19.4. The van der Waals surface area contributed by atoms with E-state index >= 15 is 0 Å². The van der Waals surface area contributed by atoms with Crippen molar-refractivity contribution in [2.75, 3.05) is 13.1 Å². The Bertz CT molecular complexity index is 1070. The molecule has 1 aromatic carbocycles. The molecular weight excluding hydrogens is 449 g/mol. The van der Waals surface area contributed by atoms with E-state index in [1.165, 1.54) is 10.6 Å². The van der Waals surface area contributed by atoms with E-state index in [1.807, 2.05) is 13.8 Å². The minimum absolute atomic E-state index is 0.0280. The van der Waals surface area contributed by atoms with E-state index in [0.717, 1.165) is 12.1 Å². The summed E-state index contributed by atoms with van der Waals surface area (Å²) in [5, 5.41) is 10.2. The molecule has 1 atom stereocenters. The van der Waals surface area contributed by atoms with Crippen molar-refractivity contribution in [3.63, 3.8) is 0 Å². The molecule has 188 valence electrons. The highest BCUT2D eigenvalue weighted by molar-refractivity contribution is 5.70. The number of alkyl halides is 3. The smallest absolute Gasteiger partial charge is 0.416 e. The molecule has 2 heterocycles. The zero-order valence-electron chi connectivity index (χ0n) is 20.5. The molecule has 1 amide bonds. The van der Waals surface area contributed by atoms with Crippen molar-refractivity contribution >= 4 is 6.09 Å². The van der Waals surface area contributed by atoms with Crippen LogP contribution < -0.4 is 5.56 Å². The Balaban J connectivity index is 0.00000199. The molecule has 1 aliphatic rings. The fourth-order valence-electron chi connectivity index (χ4n) is 3.82. The van der Waals surface area contributed by atoms with Crippen LogP contribution >= 0.6 is 0 Å². The number of halogens is 3. The first-order valence-corrected chi connectivity index (χ1v) is 11.4. The van der Waals surface area contributed by atoms with E-state index in [-0.39, 0.29) is 23.7 Å². The number of phenolic OH excluding ortho intramolecular Hbond substituents is 1. The Kier molecular flexibility index (Phi) is 8.45. The molecular formula is C25H33F3N2O4. The lowest BCUT2D eigenvalue weighted by Gasteiger charge is -2.35. The number of pyridine rings is 1. The van der Waals surface area contributed by atoms with Crippen molar-refractivity contribution in [1.29, 1.82) is 0 Å². The van der Waals surface area contributed by atoms with Gasteiger partial charge >= 0.3 is 12.3 Å². The molecule has 0 aliphatic carbocycles. The summed E-state index contributed by atoms with van der Waals surface area (Å²) in [7, 11) is 0. The first-order valence-electron chi connectivity index (χ1n) is 11.4. The normalized spacial score (nSPS) is 16.5. The first-order chi connectivity index (χ1) is 15.8. The van der Waals surface area contributed by atoms with E-state index in [0.29, 0.717) is 31.0 Å². The summed E-state index contributed by atoms with van der Waals surface area (Å²) in [6.07, 6.45) is -2.07. The van der Waals surface area contributed by atoms with Gasteiger partial charge in [-0.1, -0.05) is 13.8 Å². The van der Waals surface area contributed by atoms with Gasteiger partial charge < -0.3 is 19.3 Å². The van der Waals surface area contributed by atoms with E-state index in [2.05, 4.69) is 0 Å². The molecule has 6 nitrogen and oxygen atoms in total. The Morgan fingerprint density at radius 1 is 1.12 bits per heavy atom. The standard InChI is InChI=1S/C23H27F3N2O4.C2H6/c1-14-10-18(17-8-7-15(11-19(17)29)23(24,25)26)20(30)28(12-14)16-6-5-9-27(13-16)21(31)32-22(2,3)4;1-2/h7-8,10-12,16,29H,5-6,9,13H2,1-4H3;1-2H3. The van der Waals surface area contributed by atoms with Crippen LogP contribution in [0, 0.1) is 6.92 Å². The van der Waals surface area contributed by atoms with Crippen LogP contribution in [-0.2, 0) is 10.9 Å². The second-order valence-corrected chi connectivity index (χ2v) is 9.10. The summed E-state index contributed by atoms with van der Waals surface area (Å²) in [6, 6.07) is 3.78. The molecule has 0 saturated carbocycles. The highest BCUT2D eigenvalue weighted by Gasteiger charge is 2.32. The third-order valence-corrected chi connectivity index (χ3v) is 5.24. The van der Waals surface area contributed by atoms with Gasteiger partial charge in [0, 0.05) is 24.8 Å². The largest absolute Gasteiger partial charge is 0.507 e. The number of ether oxygens (including phenoxy) is 1. The number of hydrogen-bond acceptors (Lipinski definition) is 4. The van der Waals surface area contributed by atoms with Crippen LogP contribution in [-0.4, -0.2) is 39.4 Å². The number of likely N-dealkylation sites (tertiary alicyclic amines) is 1. The minimum Gasteiger partial charge on any atom is -0.507 e. The van der Waals surface area contributed by atoms with Gasteiger partial charge in [0.1, 0.15) is 11.4 Å². The van der Waals surface area contributed by atoms with Crippen molar-refractivity contribution in [3.05, 3.63) is 51.9 Å². The van der Waals surface area contributed by atoms with Crippen molar-refractivity contribution in [3.8, 4) is 16.9 Å². The van der Waals surface area contributed by atoms with Crippen molar-refractivity contribution < 1.29 is 27.8 Å². The summed E-state index contributed by atoms with van der Waals surface area (Å²) in [6.45, 7) is 11.9. The summed E-state index contributed by atoms with van der Waals surface area (Å²) in [5.74, 6) is -0.617. The number of carbonyl (C=O) groups excluding carboxylic acids is 1. The number of nitrogens with zero attached hydrogens (tertiary/aromatic N) is 2. The lowest BCUT2D eigenvalue weighted by atomic mass is 10.0. The second kappa shape index (κ2) is 10.5. The lowest BCUT2D eigenvalue weighted by Crippen LogP contribution is -2.45. The summed E-state index contributed by atoms with van der Waals surface area (Å²) >= 11 is 0. The second-order valence-electron chi connectivity index (χ2n) is 9.10. The molecule has 1 aromatic heterocycles. The van der Waals surface area contributed by atoms with Crippen LogP contribution in [0.5, 0.6) is 5.75 Å². The number of phenols is 1. The van der Waals surface area contributed by atoms with E-state index in [9.17, 15) is 27.9 Å². The Morgan fingerprint density at radius 2 is 1.76 bits per heavy atom. The molecule has 0 bridgehead atoms. The van der Waals surface area contributed by atoms with Crippen LogP contribution in [0.4, 0.5) is 18.0 Å². The van der Waals surface area contributed by atoms with Crippen LogP contribution in [0.3, 0.4) is 0 Å². The minimum atomic E-state index is -4.60. The predicted octanol–water partition coefficient (Wildman–Crippen LogP) is 6.15. The number of carbonyl (C=O) groups is 1. The molecule has 34 heavy (non-hydrogen) atoms. The van der Waals surface area contributed by atoms with Gasteiger partial charge in [-0.15, -0.1) is 0 Å². The number of hydrogen-bond donors (Lipinski definition) is 1. The lowest BCUT2D eigenvalue weighted by molar-refractivity contribution is -0.137. The molecule has 9 heteroatoms. The number of rotatable bonds is 2. The molecule has 0 spiro atoms. The topological polar surface area (TPSA) is 71.8 Å². The zero-order valence-corrected chi connectivity index (χ0v) is 20.5. The zero-order chi connectivity index (χ0) is 25.8. The average Bonchev–Trinajstić information content (AvgIpc) is 2.75. The van der Waals surface area contributed by atoms with Gasteiger partial charge in [0.2, 0.25) is 0 Å². The van der Waals surface area contributed by atoms with Gasteiger partial charge in [0.25, 0.3) is 5.56 Å². The number of aryl methyl sites for hydroxylation is 1. The Morgan fingerprint density at radius 3 is 2.32 bits per heavy atom. The van der Waals surface area contributed by atoms with Gasteiger partial charge in [-0.2, -0.15) is 13.2 Å². The van der Waals surface area contributed by atoms with Crippen LogP contribution in [0.25, 0.3) is 11.1 Å². The van der Waals surface area contributed by atoms with E-state index in [4.69, 9.17) is 4.74 Å². The van der Waals surface area contributed by atoms with Crippen molar-refractivity contribution in [1.82, 2.24) is 9.47 Å². The fraction of sp³-hybridized carbons (Fsp3) is 0.520. The van der Waals surface area contributed by atoms with Gasteiger partial charge in [0.15, 0.2) is 0 Å². The van der Waals surface area contributed by atoms with E-state index in [1.54, 1.807) is 38.8 Å². The maximum atomic E-state index is 13.3. The maximum absolute atomic E-state index is 13.3. The monoisotopic (exact) mass is 482 g/mol. The molecule has 3 rings (SSSR count). The number of aromatic nitrogens is 1. The number of piperidine rings is 1. The first kappa shape index (κ1) is 27.3. The van der Waals surface area contributed by atoms with Gasteiger partial charge in [-0.3, -0.25) is 4.79 Å². The molecule has 1 unspecified atom stereocenters. The average molecular weight is 483 g/mol. The van der Waals surface area contributed by atoms with Crippen LogP contribution in [0.15, 0.2) is 35.3 Å². The predicted molar refractivity (Wildman–Crippen MR) is 125 cm³/mol. The number of amides is 1. The number of benzene rings is 1. The van der Waals surface area contributed by atoms with Gasteiger partial charge in [0.05, 0.1) is 17.2 Å². The highest BCUT2D eigenvalue weighted by Crippen LogP contribution is 2.36. The Hall–Kier alpha value is -2.97. The third-order valence-electron chi connectivity index (χ3n) is 5.24. The molecule has 2 aromatic rings. The van der Waals surface area contributed by atoms with E-state index < -0.39 is 34.7 Å². The SMILES string of the molecule is CC.Cc1cc(-c2ccc(C(F)(F)F)cc2O)c(=O)n(C2CCCN(C(=O)OC(C)(C)C)C2)c1. The maximum Gasteiger partial charge on any atom is 0.416 e. The molecule has 1 aliphatic heterocycles. The quantitative estimate of drug-likeness (QED) is 0.558. The fourth-order valence-corrected chi connectivity index (χ4v) is 3.82. The van der Waals surface area contributed by atoms with Crippen LogP contribution in [0.2, 0.25) is 0 Å². The number of aromatic hydroxyl groups is 1. The molecule has 1 fully saturated rings. The summed E-state index contributed by atoms with van der Waals surface area (Å²) in [4.78, 5) is 27.3. The Labute approximate surface area is 198 Å². The van der Waals surface area contributed by atoms with Crippen molar-refractivity contribution in [2.45, 2.75) is 72.2 Å². The van der Waals surface area contributed by atoms with Crippen LogP contribution in [0.1, 0.15) is 64.6 Å². The summed E-state index contributed by atoms with van der Waals surface area (Å²) < 4.78 is 45.7. The van der Waals surface area contributed by atoms with Gasteiger partial charge in [-0.05, 0) is 70.4 Å². The molecule has 1 N–H and O–H groups in total. The third kappa shape index (κ3) is 6.55. The molecule has 0 radical (unpaired) electrons.